The molecule has 17 heavy (non-hydrogen) atoms. The van der Waals surface area contributed by atoms with Gasteiger partial charge in [0.25, 0.3) is 0 Å². The van der Waals surface area contributed by atoms with Crippen molar-refractivity contribution in [1.29, 1.82) is 0 Å². The second-order valence-electron chi connectivity index (χ2n) is 3.96. The molecule has 2 heterocycles. The molecule has 0 amide bonds. The molecule has 0 fully saturated rings. The topological polar surface area (TPSA) is 42.2 Å². The van der Waals surface area contributed by atoms with E-state index in [-0.39, 0.29) is 0 Å². The first-order valence-electron chi connectivity index (χ1n) is 5.62. The van der Waals surface area contributed by atoms with Gasteiger partial charge in [-0.3, -0.25) is 0 Å². The van der Waals surface area contributed by atoms with E-state index < -0.39 is 5.97 Å². The van der Waals surface area contributed by atoms with Gasteiger partial charge >= 0.3 is 5.97 Å². The first-order chi connectivity index (χ1) is 8.15. The van der Waals surface area contributed by atoms with E-state index in [1.165, 1.54) is 0 Å². The highest BCUT2D eigenvalue weighted by molar-refractivity contribution is 7.13. The lowest BCUT2D eigenvalue weighted by Crippen LogP contribution is -2.03. The van der Waals surface area contributed by atoms with Crippen LogP contribution in [0.2, 0.25) is 0 Å². The second-order valence-corrected chi connectivity index (χ2v) is 4.91. The van der Waals surface area contributed by atoms with Crippen LogP contribution in [0.3, 0.4) is 0 Å². The Bertz CT molecular complexity index is 526. The molecule has 0 aliphatic rings. The molecule has 0 aromatic carbocycles. The van der Waals surface area contributed by atoms with Gasteiger partial charge in [0.15, 0.2) is 0 Å². The number of nitrogens with zero attached hydrogens (tertiary/aromatic N) is 1. The van der Waals surface area contributed by atoms with Crippen LogP contribution in [0.5, 0.6) is 0 Å². The van der Waals surface area contributed by atoms with Crippen molar-refractivity contribution in [2.45, 2.75) is 26.8 Å². The molecule has 0 atom stereocenters. The highest BCUT2D eigenvalue weighted by Gasteiger charge is 2.17. The summed E-state index contributed by atoms with van der Waals surface area (Å²) in [5.41, 5.74) is 2.25. The molecule has 1 N–H and O–H groups in total. The Morgan fingerprint density at radius 2 is 2.29 bits per heavy atom. The Kier molecular flexibility index (Phi) is 3.33. The summed E-state index contributed by atoms with van der Waals surface area (Å²) >= 11 is 1.64. The van der Waals surface area contributed by atoms with E-state index in [2.05, 4.69) is 11.5 Å². The van der Waals surface area contributed by atoms with Gasteiger partial charge in [-0.1, -0.05) is 13.0 Å². The molecule has 0 spiro atoms. The van der Waals surface area contributed by atoms with E-state index in [0.717, 1.165) is 29.2 Å². The predicted molar refractivity (Wildman–Crippen MR) is 69.7 cm³/mol. The number of hydrogen-bond donors (Lipinski definition) is 1. The zero-order chi connectivity index (χ0) is 12.4. The van der Waals surface area contributed by atoms with Crippen molar-refractivity contribution >= 4 is 17.3 Å². The molecule has 3 nitrogen and oxygen atoms in total. The van der Waals surface area contributed by atoms with Gasteiger partial charge in [-0.05, 0) is 30.9 Å². The maximum atomic E-state index is 11.2. The molecule has 0 radical (unpaired) electrons. The van der Waals surface area contributed by atoms with Crippen molar-refractivity contribution in [3.05, 3.63) is 34.8 Å². The van der Waals surface area contributed by atoms with E-state index >= 15 is 0 Å². The number of aromatic carboxylic acids is 1. The SMILES string of the molecule is CCCn1c(-c2cccs2)cc(C(=O)O)c1C. The van der Waals surface area contributed by atoms with Crippen LogP contribution >= 0.6 is 11.3 Å². The summed E-state index contributed by atoms with van der Waals surface area (Å²) in [5, 5.41) is 11.2. The van der Waals surface area contributed by atoms with Gasteiger partial charge in [-0.25, -0.2) is 4.79 Å². The average Bonchev–Trinajstić information content (AvgIpc) is 2.88. The molecule has 2 rings (SSSR count). The van der Waals surface area contributed by atoms with Crippen LogP contribution in [-0.2, 0) is 6.54 Å². The third-order valence-corrected chi connectivity index (χ3v) is 3.71. The zero-order valence-electron chi connectivity index (χ0n) is 9.93. The smallest absolute Gasteiger partial charge is 0.337 e. The largest absolute Gasteiger partial charge is 0.478 e. The number of rotatable bonds is 4. The molecule has 4 heteroatoms. The van der Waals surface area contributed by atoms with Crippen molar-refractivity contribution in [2.24, 2.45) is 0 Å². The quantitative estimate of drug-likeness (QED) is 0.899. The number of carbonyl (C=O) groups is 1. The molecule has 90 valence electrons. The monoisotopic (exact) mass is 249 g/mol. The number of aromatic nitrogens is 1. The first kappa shape index (κ1) is 11.9. The van der Waals surface area contributed by atoms with Gasteiger partial charge in [0.2, 0.25) is 0 Å². The van der Waals surface area contributed by atoms with Crippen LogP contribution in [0.25, 0.3) is 10.6 Å². The van der Waals surface area contributed by atoms with E-state index in [4.69, 9.17) is 5.11 Å². The second kappa shape index (κ2) is 4.75. The third kappa shape index (κ3) is 2.13. The summed E-state index contributed by atoms with van der Waals surface area (Å²) in [6.07, 6.45) is 0.993. The lowest BCUT2D eigenvalue weighted by molar-refractivity contribution is 0.0696. The number of thiophene rings is 1. The fourth-order valence-electron chi connectivity index (χ4n) is 2.00. The minimum absolute atomic E-state index is 0.404. The maximum absolute atomic E-state index is 11.2. The molecule has 0 aliphatic heterocycles. The van der Waals surface area contributed by atoms with E-state index in [9.17, 15) is 4.79 Å². The Hall–Kier alpha value is -1.55. The van der Waals surface area contributed by atoms with Crippen LogP contribution in [0, 0.1) is 6.92 Å². The summed E-state index contributed by atoms with van der Waals surface area (Å²) in [4.78, 5) is 12.3. The van der Waals surface area contributed by atoms with Crippen molar-refractivity contribution < 1.29 is 9.90 Å². The van der Waals surface area contributed by atoms with Crippen LogP contribution in [0.4, 0.5) is 0 Å². The minimum Gasteiger partial charge on any atom is -0.478 e. The molecule has 0 saturated heterocycles. The van der Waals surface area contributed by atoms with Gasteiger partial charge in [0.05, 0.1) is 16.1 Å². The lowest BCUT2D eigenvalue weighted by atomic mass is 10.2. The number of hydrogen-bond acceptors (Lipinski definition) is 2. The minimum atomic E-state index is -0.852. The molecule has 0 saturated carbocycles. The predicted octanol–water partition coefficient (Wildman–Crippen LogP) is 3.63. The lowest BCUT2D eigenvalue weighted by Gasteiger charge is -2.08. The molecule has 2 aromatic heterocycles. The third-order valence-electron chi connectivity index (χ3n) is 2.82. The molecular formula is C13H15NO2S. The van der Waals surface area contributed by atoms with Crippen LogP contribution < -0.4 is 0 Å². The Balaban J connectivity index is 2.57. The van der Waals surface area contributed by atoms with E-state index in [1.54, 1.807) is 17.4 Å². The molecule has 2 aromatic rings. The zero-order valence-corrected chi connectivity index (χ0v) is 10.8. The average molecular weight is 249 g/mol. The van der Waals surface area contributed by atoms with Gasteiger partial charge in [0, 0.05) is 12.2 Å². The normalized spacial score (nSPS) is 10.7. The van der Waals surface area contributed by atoms with Gasteiger partial charge < -0.3 is 9.67 Å². The fraction of sp³-hybridized carbons (Fsp3) is 0.308. The molecule has 0 bridgehead atoms. The summed E-state index contributed by atoms with van der Waals surface area (Å²) < 4.78 is 2.09. The van der Waals surface area contributed by atoms with Crippen molar-refractivity contribution in [3.63, 3.8) is 0 Å². The van der Waals surface area contributed by atoms with E-state index in [0.29, 0.717) is 5.56 Å². The van der Waals surface area contributed by atoms with Crippen LogP contribution in [0.15, 0.2) is 23.6 Å². The summed E-state index contributed by atoms with van der Waals surface area (Å²) in [5.74, 6) is -0.852. The first-order valence-corrected chi connectivity index (χ1v) is 6.50. The van der Waals surface area contributed by atoms with Crippen molar-refractivity contribution in [1.82, 2.24) is 4.57 Å². The van der Waals surface area contributed by atoms with E-state index in [1.807, 2.05) is 24.4 Å². The molecular weight excluding hydrogens is 234 g/mol. The summed E-state index contributed by atoms with van der Waals surface area (Å²) in [6, 6.07) is 5.79. The Morgan fingerprint density at radius 3 is 2.82 bits per heavy atom. The number of carboxylic acid groups (broad SMARTS) is 1. The fourth-order valence-corrected chi connectivity index (χ4v) is 2.75. The summed E-state index contributed by atoms with van der Waals surface area (Å²) in [6.45, 7) is 4.82. The standard InChI is InChI=1S/C13H15NO2S/c1-3-6-14-9(2)10(13(15)16)8-11(14)12-5-4-7-17-12/h4-5,7-8H,3,6H2,1-2H3,(H,15,16). The summed E-state index contributed by atoms with van der Waals surface area (Å²) in [7, 11) is 0. The Labute approximate surface area is 104 Å². The van der Waals surface area contributed by atoms with Gasteiger partial charge in [-0.15, -0.1) is 11.3 Å². The highest BCUT2D eigenvalue weighted by atomic mass is 32.1. The maximum Gasteiger partial charge on any atom is 0.337 e. The molecule has 0 unspecified atom stereocenters. The van der Waals surface area contributed by atoms with Gasteiger partial charge in [-0.2, -0.15) is 0 Å². The molecule has 0 aliphatic carbocycles. The van der Waals surface area contributed by atoms with Crippen LogP contribution in [-0.4, -0.2) is 15.6 Å². The van der Waals surface area contributed by atoms with Crippen molar-refractivity contribution in [2.75, 3.05) is 0 Å². The van der Waals surface area contributed by atoms with Crippen molar-refractivity contribution in [3.8, 4) is 10.6 Å². The van der Waals surface area contributed by atoms with Crippen LogP contribution in [0.1, 0.15) is 29.4 Å². The van der Waals surface area contributed by atoms with Gasteiger partial charge in [0.1, 0.15) is 0 Å². The highest BCUT2D eigenvalue weighted by Crippen LogP contribution is 2.29. The Morgan fingerprint density at radius 1 is 1.53 bits per heavy atom. The number of carboxylic acids is 1.